The molecule has 7 heteroatoms. The zero-order valence-electron chi connectivity index (χ0n) is 15.9. The van der Waals surface area contributed by atoms with Crippen LogP contribution in [0.1, 0.15) is 23.2 Å². The van der Waals surface area contributed by atoms with Gasteiger partial charge >= 0.3 is 0 Å². The van der Waals surface area contributed by atoms with Gasteiger partial charge in [-0.15, -0.1) is 0 Å². The Morgan fingerprint density at radius 3 is 2.79 bits per heavy atom. The molecule has 2 amide bonds. The number of hydrogen-bond donors (Lipinski definition) is 3. The molecule has 0 bridgehead atoms. The first-order valence-corrected chi connectivity index (χ1v) is 9.32. The van der Waals surface area contributed by atoms with E-state index in [2.05, 4.69) is 16.0 Å². The number of amides is 2. The van der Waals surface area contributed by atoms with Crippen LogP contribution in [0.4, 0.5) is 11.4 Å². The molecule has 28 heavy (non-hydrogen) atoms. The van der Waals surface area contributed by atoms with Gasteiger partial charge in [0.2, 0.25) is 5.91 Å². The van der Waals surface area contributed by atoms with E-state index in [-0.39, 0.29) is 24.5 Å². The predicted molar refractivity (Wildman–Crippen MR) is 108 cm³/mol. The van der Waals surface area contributed by atoms with Crippen LogP contribution in [0.2, 0.25) is 0 Å². The topological polar surface area (TPSA) is 88.7 Å². The minimum absolute atomic E-state index is 0.158. The second kappa shape index (κ2) is 9.87. The third-order valence-electron chi connectivity index (χ3n) is 4.45. The molecule has 148 valence electrons. The van der Waals surface area contributed by atoms with E-state index >= 15 is 0 Å². The summed E-state index contributed by atoms with van der Waals surface area (Å²) in [5.41, 5.74) is 1.47. The molecule has 1 aliphatic heterocycles. The van der Waals surface area contributed by atoms with E-state index in [0.29, 0.717) is 29.2 Å². The smallest absolute Gasteiger partial charge is 0.257 e. The number of benzene rings is 2. The summed E-state index contributed by atoms with van der Waals surface area (Å²) in [5.74, 6) is 0.132. The predicted octanol–water partition coefficient (Wildman–Crippen LogP) is 2.65. The van der Waals surface area contributed by atoms with Gasteiger partial charge in [0.15, 0.2) is 0 Å². The molecule has 1 saturated heterocycles. The van der Waals surface area contributed by atoms with Crippen molar-refractivity contribution in [3.05, 3.63) is 54.1 Å². The third-order valence-corrected chi connectivity index (χ3v) is 4.45. The van der Waals surface area contributed by atoms with E-state index in [9.17, 15) is 9.59 Å². The van der Waals surface area contributed by atoms with Crippen LogP contribution in [0.5, 0.6) is 5.75 Å². The van der Waals surface area contributed by atoms with Crippen molar-refractivity contribution >= 4 is 23.2 Å². The largest absolute Gasteiger partial charge is 0.497 e. The molecule has 1 heterocycles. The van der Waals surface area contributed by atoms with Crippen molar-refractivity contribution in [1.82, 2.24) is 5.32 Å². The summed E-state index contributed by atoms with van der Waals surface area (Å²) in [5, 5.41) is 8.72. The monoisotopic (exact) mass is 383 g/mol. The van der Waals surface area contributed by atoms with E-state index in [4.69, 9.17) is 9.47 Å². The fourth-order valence-corrected chi connectivity index (χ4v) is 3.04. The number of carbonyl (C=O) groups is 2. The highest BCUT2D eigenvalue weighted by atomic mass is 16.5. The van der Waals surface area contributed by atoms with Crippen LogP contribution in [-0.4, -0.2) is 44.7 Å². The maximum absolute atomic E-state index is 12.7. The Kier molecular flexibility index (Phi) is 7.00. The van der Waals surface area contributed by atoms with Crippen molar-refractivity contribution in [2.75, 3.05) is 37.4 Å². The number of hydrogen-bond acceptors (Lipinski definition) is 5. The number of anilines is 2. The van der Waals surface area contributed by atoms with E-state index < -0.39 is 0 Å². The summed E-state index contributed by atoms with van der Waals surface area (Å²) in [4.78, 5) is 24.9. The van der Waals surface area contributed by atoms with Crippen molar-refractivity contribution in [2.24, 2.45) is 0 Å². The summed E-state index contributed by atoms with van der Waals surface area (Å²) in [6.45, 7) is 1.59. The molecule has 0 saturated carbocycles. The lowest BCUT2D eigenvalue weighted by atomic mass is 10.1. The Morgan fingerprint density at radius 2 is 2.00 bits per heavy atom. The van der Waals surface area contributed by atoms with Gasteiger partial charge in [-0.05, 0) is 37.1 Å². The SMILES string of the molecule is COc1cccc(NC(=O)c2ccccc2NC(=O)CNCC2CCCO2)c1. The van der Waals surface area contributed by atoms with Gasteiger partial charge in [0, 0.05) is 24.9 Å². The van der Waals surface area contributed by atoms with Gasteiger partial charge in [0.1, 0.15) is 5.75 Å². The number of methoxy groups -OCH3 is 1. The molecule has 1 aliphatic rings. The second-order valence-electron chi connectivity index (χ2n) is 6.55. The number of ether oxygens (including phenoxy) is 2. The van der Waals surface area contributed by atoms with Crippen LogP contribution in [0.3, 0.4) is 0 Å². The first-order valence-electron chi connectivity index (χ1n) is 9.32. The van der Waals surface area contributed by atoms with Gasteiger partial charge in [-0.1, -0.05) is 18.2 Å². The number of nitrogens with one attached hydrogen (secondary N) is 3. The van der Waals surface area contributed by atoms with Crippen molar-refractivity contribution in [3.63, 3.8) is 0 Å². The zero-order valence-corrected chi connectivity index (χ0v) is 15.9. The number of para-hydroxylation sites is 1. The molecule has 2 aromatic rings. The molecule has 1 atom stereocenters. The highest BCUT2D eigenvalue weighted by Gasteiger charge is 2.16. The Labute approximate surface area is 164 Å². The molecule has 1 fully saturated rings. The fourth-order valence-electron chi connectivity index (χ4n) is 3.04. The molecule has 2 aromatic carbocycles. The van der Waals surface area contributed by atoms with Crippen molar-refractivity contribution in [1.29, 1.82) is 0 Å². The van der Waals surface area contributed by atoms with Gasteiger partial charge in [-0.2, -0.15) is 0 Å². The first-order chi connectivity index (χ1) is 13.7. The summed E-state index contributed by atoms with van der Waals surface area (Å²) < 4.78 is 10.7. The standard InChI is InChI=1S/C21H25N3O4/c1-27-16-7-4-6-15(12-16)23-21(26)18-9-2-3-10-19(18)24-20(25)14-22-13-17-8-5-11-28-17/h2-4,6-7,9-10,12,17,22H,5,8,11,13-14H2,1H3,(H,23,26)(H,24,25). The fraction of sp³-hybridized carbons (Fsp3) is 0.333. The molecule has 0 radical (unpaired) electrons. The van der Waals surface area contributed by atoms with Crippen LogP contribution in [0.25, 0.3) is 0 Å². The third kappa shape index (κ3) is 5.55. The Hall–Kier alpha value is -2.90. The Bertz CT molecular complexity index is 819. The number of carbonyl (C=O) groups excluding carboxylic acids is 2. The first kappa shape index (κ1) is 19.9. The summed E-state index contributed by atoms with van der Waals surface area (Å²) in [7, 11) is 1.57. The highest BCUT2D eigenvalue weighted by molar-refractivity contribution is 6.10. The maximum Gasteiger partial charge on any atom is 0.257 e. The maximum atomic E-state index is 12.7. The average molecular weight is 383 g/mol. The molecule has 0 spiro atoms. The van der Waals surface area contributed by atoms with Crippen LogP contribution in [-0.2, 0) is 9.53 Å². The molecular formula is C21H25N3O4. The summed E-state index contributed by atoms with van der Waals surface area (Å²) >= 11 is 0. The lowest BCUT2D eigenvalue weighted by molar-refractivity contribution is -0.115. The van der Waals surface area contributed by atoms with Gasteiger partial charge in [-0.3, -0.25) is 9.59 Å². The highest BCUT2D eigenvalue weighted by Crippen LogP contribution is 2.20. The summed E-state index contributed by atoms with van der Waals surface area (Å²) in [6, 6.07) is 14.0. The van der Waals surface area contributed by atoms with Gasteiger partial charge in [-0.25, -0.2) is 0 Å². The molecule has 0 aromatic heterocycles. The molecule has 1 unspecified atom stereocenters. The minimum atomic E-state index is -0.309. The molecule has 7 nitrogen and oxygen atoms in total. The molecule has 3 rings (SSSR count). The van der Waals surface area contributed by atoms with E-state index in [0.717, 1.165) is 19.4 Å². The van der Waals surface area contributed by atoms with Gasteiger partial charge in [0.25, 0.3) is 5.91 Å². The average Bonchev–Trinajstić information content (AvgIpc) is 3.22. The molecule has 0 aliphatic carbocycles. The quantitative estimate of drug-likeness (QED) is 0.652. The lowest BCUT2D eigenvalue weighted by Crippen LogP contribution is -2.34. The summed E-state index contributed by atoms with van der Waals surface area (Å²) in [6.07, 6.45) is 2.25. The normalized spacial score (nSPS) is 15.8. The molecular weight excluding hydrogens is 358 g/mol. The van der Waals surface area contributed by atoms with Crippen molar-refractivity contribution in [2.45, 2.75) is 18.9 Å². The van der Waals surface area contributed by atoms with E-state index in [1.807, 2.05) is 0 Å². The Balaban J connectivity index is 1.58. The van der Waals surface area contributed by atoms with E-state index in [1.54, 1.807) is 55.6 Å². The van der Waals surface area contributed by atoms with Crippen molar-refractivity contribution in [3.8, 4) is 5.75 Å². The minimum Gasteiger partial charge on any atom is -0.497 e. The van der Waals surface area contributed by atoms with Crippen LogP contribution >= 0.6 is 0 Å². The number of rotatable bonds is 8. The van der Waals surface area contributed by atoms with Crippen molar-refractivity contribution < 1.29 is 19.1 Å². The van der Waals surface area contributed by atoms with Gasteiger partial charge in [0.05, 0.1) is 31.0 Å². The van der Waals surface area contributed by atoms with Crippen LogP contribution in [0.15, 0.2) is 48.5 Å². The second-order valence-corrected chi connectivity index (χ2v) is 6.55. The molecule has 3 N–H and O–H groups in total. The Morgan fingerprint density at radius 1 is 1.14 bits per heavy atom. The van der Waals surface area contributed by atoms with E-state index in [1.165, 1.54) is 0 Å². The lowest BCUT2D eigenvalue weighted by Gasteiger charge is -2.13. The van der Waals surface area contributed by atoms with Crippen LogP contribution < -0.4 is 20.7 Å². The van der Waals surface area contributed by atoms with Gasteiger partial charge < -0.3 is 25.4 Å². The zero-order chi connectivity index (χ0) is 19.8. The van der Waals surface area contributed by atoms with Crippen LogP contribution in [0, 0.1) is 0 Å².